The molecule has 0 aliphatic rings. The predicted octanol–water partition coefficient (Wildman–Crippen LogP) is 4.60. The number of aliphatic hydroxyl groups is 2. The number of unbranched alkanes of at least 4 members (excludes halogenated alkanes) is 7. The molecule has 114 valence electrons. The summed E-state index contributed by atoms with van der Waals surface area (Å²) < 4.78 is 0. The quantitative estimate of drug-likeness (QED) is 0.379. The number of hydrogen-bond acceptors (Lipinski definition) is 2. The van der Waals surface area contributed by atoms with E-state index < -0.39 is 12.2 Å². The molecule has 0 aliphatic carbocycles. The van der Waals surface area contributed by atoms with Crippen LogP contribution < -0.4 is 0 Å². The van der Waals surface area contributed by atoms with Gasteiger partial charge in [-0.1, -0.05) is 70.9 Å². The maximum absolute atomic E-state index is 9.79. The Labute approximate surface area is 119 Å². The molecule has 2 atom stereocenters. The number of aliphatic hydroxyl groups excluding tert-OH is 2. The van der Waals surface area contributed by atoms with Crippen LogP contribution >= 0.6 is 0 Å². The average Bonchev–Trinajstić information content (AvgIpc) is 2.41. The molecule has 2 nitrogen and oxygen atoms in total. The van der Waals surface area contributed by atoms with Crippen LogP contribution in [0.2, 0.25) is 0 Å². The van der Waals surface area contributed by atoms with Crippen molar-refractivity contribution in [3.05, 3.63) is 12.2 Å². The van der Waals surface area contributed by atoms with Gasteiger partial charge in [0.15, 0.2) is 0 Å². The first-order valence-corrected chi connectivity index (χ1v) is 8.23. The van der Waals surface area contributed by atoms with E-state index in [0.29, 0.717) is 6.42 Å². The van der Waals surface area contributed by atoms with Gasteiger partial charge in [0, 0.05) is 0 Å². The second-order valence-corrected chi connectivity index (χ2v) is 5.54. The molecule has 0 aromatic carbocycles. The minimum Gasteiger partial charge on any atom is -0.390 e. The molecule has 0 spiro atoms. The second-order valence-electron chi connectivity index (χ2n) is 5.54. The highest BCUT2D eigenvalue weighted by atomic mass is 16.3. The third kappa shape index (κ3) is 12.4. The van der Waals surface area contributed by atoms with Crippen LogP contribution in [0.15, 0.2) is 12.2 Å². The van der Waals surface area contributed by atoms with Crippen molar-refractivity contribution >= 4 is 0 Å². The lowest BCUT2D eigenvalue weighted by molar-refractivity contribution is 0.0153. The molecule has 2 unspecified atom stereocenters. The summed E-state index contributed by atoms with van der Waals surface area (Å²) in [6.45, 7) is 4.37. The van der Waals surface area contributed by atoms with Crippen LogP contribution in [-0.2, 0) is 0 Å². The SMILES string of the molecule is CCCCCCCC=CCC(O)C(O)CCCCC. The number of hydrogen-bond donors (Lipinski definition) is 2. The molecule has 0 radical (unpaired) electrons. The summed E-state index contributed by atoms with van der Waals surface area (Å²) in [4.78, 5) is 0. The molecule has 0 amide bonds. The lowest BCUT2D eigenvalue weighted by Crippen LogP contribution is -2.25. The molecule has 0 saturated carbocycles. The van der Waals surface area contributed by atoms with Gasteiger partial charge in [-0.05, 0) is 25.7 Å². The van der Waals surface area contributed by atoms with Crippen LogP contribution in [0, 0.1) is 0 Å². The van der Waals surface area contributed by atoms with Crippen molar-refractivity contribution in [1.29, 1.82) is 0 Å². The topological polar surface area (TPSA) is 40.5 Å². The van der Waals surface area contributed by atoms with E-state index in [1.807, 2.05) is 6.08 Å². The summed E-state index contributed by atoms with van der Waals surface area (Å²) >= 11 is 0. The van der Waals surface area contributed by atoms with Gasteiger partial charge in [0.2, 0.25) is 0 Å². The van der Waals surface area contributed by atoms with Crippen molar-refractivity contribution < 1.29 is 10.2 Å². The van der Waals surface area contributed by atoms with E-state index in [2.05, 4.69) is 19.9 Å². The van der Waals surface area contributed by atoms with Crippen LogP contribution in [0.1, 0.15) is 84.5 Å². The highest BCUT2D eigenvalue weighted by Gasteiger charge is 2.13. The number of rotatable bonds is 13. The largest absolute Gasteiger partial charge is 0.390 e. The van der Waals surface area contributed by atoms with Gasteiger partial charge in [0.25, 0.3) is 0 Å². The van der Waals surface area contributed by atoms with Gasteiger partial charge in [0.05, 0.1) is 12.2 Å². The van der Waals surface area contributed by atoms with E-state index in [0.717, 1.165) is 32.1 Å². The van der Waals surface area contributed by atoms with Crippen LogP contribution in [-0.4, -0.2) is 22.4 Å². The molecule has 0 saturated heterocycles. The van der Waals surface area contributed by atoms with E-state index in [9.17, 15) is 10.2 Å². The van der Waals surface area contributed by atoms with Crippen molar-refractivity contribution in [1.82, 2.24) is 0 Å². The van der Waals surface area contributed by atoms with Crippen LogP contribution in [0.5, 0.6) is 0 Å². The zero-order chi connectivity index (χ0) is 14.3. The van der Waals surface area contributed by atoms with Gasteiger partial charge in [-0.15, -0.1) is 0 Å². The molecule has 0 aromatic rings. The van der Waals surface area contributed by atoms with E-state index in [-0.39, 0.29) is 0 Å². The summed E-state index contributed by atoms with van der Waals surface area (Å²) in [6.07, 6.45) is 15.2. The minimum absolute atomic E-state index is 0.555. The smallest absolute Gasteiger partial charge is 0.0833 e. The predicted molar refractivity (Wildman–Crippen MR) is 83.3 cm³/mol. The lowest BCUT2D eigenvalue weighted by Gasteiger charge is -2.15. The maximum Gasteiger partial charge on any atom is 0.0833 e. The molecule has 0 aromatic heterocycles. The van der Waals surface area contributed by atoms with Gasteiger partial charge in [-0.25, -0.2) is 0 Å². The third-order valence-corrected chi connectivity index (χ3v) is 3.57. The summed E-state index contributed by atoms with van der Waals surface area (Å²) in [7, 11) is 0. The molecule has 2 N–H and O–H groups in total. The van der Waals surface area contributed by atoms with Crippen molar-refractivity contribution in [3.63, 3.8) is 0 Å². The molecule has 0 aliphatic heterocycles. The van der Waals surface area contributed by atoms with Crippen molar-refractivity contribution in [2.24, 2.45) is 0 Å². The Bertz CT molecular complexity index is 201. The monoisotopic (exact) mass is 270 g/mol. The Hall–Kier alpha value is -0.340. The van der Waals surface area contributed by atoms with E-state index in [1.165, 1.54) is 32.1 Å². The average molecular weight is 270 g/mol. The fourth-order valence-electron chi connectivity index (χ4n) is 2.17. The van der Waals surface area contributed by atoms with Gasteiger partial charge in [-0.3, -0.25) is 0 Å². The second kappa shape index (κ2) is 14.1. The molecule has 2 heteroatoms. The minimum atomic E-state index is -0.590. The highest BCUT2D eigenvalue weighted by Crippen LogP contribution is 2.10. The molecule has 0 heterocycles. The van der Waals surface area contributed by atoms with Crippen LogP contribution in [0.3, 0.4) is 0 Å². The van der Waals surface area contributed by atoms with Gasteiger partial charge in [-0.2, -0.15) is 0 Å². The Morgan fingerprint density at radius 3 is 2.05 bits per heavy atom. The molecule has 0 fully saturated rings. The Morgan fingerprint density at radius 2 is 1.37 bits per heavy atom. The van der Waals surface area contributed by atoms with Crippen LogP contribution in [0.4, 0.5) is 0 Å². The van der Waals surface area contributed by atoms with Gasteiger partial charge >= 0.3 is 0 Å². The van der Waals surface area contributed by atoms with Gasteiger partial charge < -0.3 is 10.2 Å². The summed E-state index contributed by atoms with van der Waals surface area (Å²) in [5.74, 6) is 0. The lowest BCUT2D eigenvalue weighted by atomic mass is 10.0. The number of allylic oxidation sites excluding steroid dienone is 1. The zero-order valence-corrected chi connectivity index (χ0v) is 13.0. The molecular weight excluding hydrogens is 236 g/mol. The van der Waals surface area contributed by atoms with E-state index in [4.69, 9.17) is 0 Å². The Kier molecular flexibility index (Phi) is 13.8. The first kappa shape index (κ1) is 18.7. The van der Waals surface area contributed by atoms with Crippen LogP contribution in [0.25, 0.3) is 0 Å². The van der Waals surface area contributed by atoms with Crippen molar-refractivity contribution in [3.8, 4) is 0 Å². The maximum atomic E-state index is 9.79. The summed E-state index contributed by atoms with van der Waals surface area (Å²) in [6, 6.07) is 0. The fourth-order valence-corrected chi connectivity index (χ4v) is 2.17. The normalized spacial score (nSPS) is 14.9. The zero-order valence-electron chi connectivity index (χ0n) is 13.0. The molecule has 19 heavy (non-hydrogen) atoms. The summed E-state index contributed by atoms with van der Waals surface area (Å²) in [5, 5.41) is 19.5. The van der Waals surface area contributed by atoms with Crippen molar-refractivity contribution in [2.75, 3.05) is 0 Å². The Balaban J connectivity index is 3.46. The Morgan fingerprint density at radius 1 is 0.737 bits per heavy atom. The fraction of sp³-hybridized carbons (Fsp3) is 0.882. The highest BCUT2D eigenvalue weighted by molar-refractivity contribution is 4.86. The first-order valence-electron chi connectivity index (χ1n) is 8.23. The van der Waals surface area contributed by atoms with Gasteiger partial charge in [0.1, 0.15) is 0 Å². The first-order chi connectivity index (χ1) is 9.22. The molecule has 0 bridgehead atoms. The van der Waals surface area contributed by atoms with E-state index >= 15 is 0 Å². The molecule has 0 rings (SSSR count). The molecular formula is C17H34O2. The standard InChI is InChI=1S/C17H34O2/c1-3-5-7-8-9-10-11-13-15-17(19)16(18)14-12-6-4-2/h11,13,16-19H,3-10,12,14-15H2,1-2H3. The van der Waals surface area contributed by atoms with Crippen molar-refractivity contribution in [2.45, 2.75) is 96.7 Å². The van der Waals surface area contributed by atoms with E-state index in [1.54, 1.807) is 0 Å². The third-order valence-electron chi connectivity index (χ3n) is 3.57. The summed E-state index contributed by atoms with van der Waals surface area (Å²) in [5.41, 5.74) is 0.